The van der Waals surface area contributed by atoms with E-state index < -0.39 is 51.1 Å². The maximum atomic E-state index is 14.6. The number of carbonyl (C=O) groups is 3. The van der Waals surface area contributed by atoms with Crippen molar-refractivity contribution in [3.63, 3.8) is 0 Å². The third-order valence-corrected chi connectivity index (χ3v) is 11.5. The van der Waals surface area contributed by atoms with Crippen LogP contribution in [0.4, 0.5) is 0 Å². The van der Waals surface area contributed by atoms with Crippen LogP contribution in [0.15, 0.2) is 24.4 Å². The van der Waals surface area contributed by atoms with Crippen molar-refractivity contribution in [1.29, 1.82) is 0 Å². The minimum absolute atomic E-state index is 0.155. The largest absolute Gasteiger partial charge is 0.361 e. The van der Waals surface area contributed by atoms with E-state index in [0.717, 1.165) is 18.4 Å². The van der Waals surface area contributed by atoms with Gasteiger partial charge in [0.25, 0.3) is 21.9 Å². The number of hydrogen-bond acceptors (Lipinski definition) is 8. The van der Waals surface area contributed by atoms with Crippen molar-refractivity contribution in [3.05, 3.63) is 35.5 Å². The van der Waals surface area contributed by atoms with Crippen LogP contribution in [-0.2, 0) is 35.7 Å². The SMILES string of the molecule is CCC(C)(C)C1C(=O)N2CCCC2C2(O)OC(NC(=O)C3CC4c5cccc6[nH]cc(c56)CC4N(C)C3)(C(C)C)C(=O)N12.CS(=O)(=O)O. The molecule has 4 saturated heterocycles. The summed E-state index contributed by atoms with van der Waals surface area (Å²) in [7, 11) is -1.59. The van der Waals surface area contributed by atoms with Crippen molar-refractivity contribution >= 4 is 38.7 Å². The molecule has 1 aromatic carbocycles. The van der Waals surface area contributed by atoms with E-state index in [-0.39, 0.29) is 29.7 Å². The number of hydrogen-bond donors (Lipinski definition) is 4. The average molecular weight is 688 g/mol. The zero-order valence-electron chi connectivity index (χ0n) is 28.8. The molecule has 1 aromatic heterocycles. The van der Waals surface area contributed by atoms with E-state index in [4.69, 9.17) is 9.29 Å². The first kappa shape index (κ1) is 34.8. The molecule has 0 bridgehead atoms. The summed E-state index contributed by atoms with van der Waals surface area (Å²) in [5.74, 6) is -3.67. The van der Waals surface area contributed by atoms with Crippen molar-refractivity contribution in [3.8, 4) is 0 Å². The van der Waals surface area contributed by atoms with Gasteiger partial charge in [-0.3, -0.25) is 28.6 Å². The summed E-state index contributed by atoms with van der Waals surface area (Å²) in [5.41, 5.74) is 1.29. The van der Waals surface area contributed by atoms with Gasteiger partial charge in [0.05, 0.1) is 12.2 Å². The second kappa shape index (κ2) is 11.8. The van der Waals surface area contributed by atoms with Gasteiger partial charge in [-0.05, 0) is 61.8 Å². The number of benzene rings is 1. The van der Waals surface area contributed by atoms with Gasteiger partial charge in [0.15, 0.2) is 0 Å². The van der Waals surface area contributed by atoms with Gasteiger partial charge in [-0.2, -0.15) is 8.42 Å². The number of amides is 3. The van der Waals surface area contributed by atoms with E-state index in [1.54, 1.807) is 4.90 Å². The Morgan fingerprint density at radius 2 is 1.94 bits per heavy atom. The minimum Gasteiger partial charge on any atom is -0.361 e. The van der Waals surface area contributed by atoms with Crippen LogP contribution >= 0.6 is 0 Å². The van der Waals surface area contributed by atoms with E-state index in [2.05, 4.69) is 46.6 Å². The summed E-state index contributed by atoms with van der Waals surface area (Å²) in [6.07, 6.45) is 6.26. The maximum Gasteiger partial charge on any atom is 0.281 e. The average Bonchev–Trinajstić information content (AvgIpc) is 3.71. The highest BCUT2D eigenvalue weighted by molar-refractivity contribution is 7.85. The van der Waals surface area contributed by atoms with E-state index >= 15 is 0 Å². The molecule has 5 heterocycles. The smallest absolute Gasteiger partial charge is 0.281 e. The lowest BCUT2D eigenvalue weighted by molar-refractivity contribution is -0.326. The van der Waals surface area contributed by atoms with Crippen molar-refractivity contribution in [2.75, 3.05) is 26.4 Å². The fourth-order valence-corrected chi connectivity index (χ4v) is 8.76. The predicted octanol–water partition coefficient (Wildman–Crippen LogP) is 2.41. The Balaban J connectivity index is 0.000000749. The highest BCUT2D eigenvalue weighted by atomic mass is 32.2. The van der Waals surface area contributed by atoms with Gasteiger partial charge in [-0.15, -0.1) is 0 Å². The lowest BCUT2D eigenvalue weighted by Gasteiger charge is -2.52. The van der Waals surface area contributed by atoms with Gasteiger partial charge >= 0.3 is 0 Å². The number of piperazine rings is 1. The molecule has 4 fully saturated rings. The number of ether oxygens (including phenoxy) is 1. The van der Waals surface area contributed by atoms with Crippen molar-refractivity contribution in [1.82, 2.24) is 25.0 Å². The first-order valence-electron chi connectivity index (χ1n) is 16.9. The van der Waals surface area contributed by atoms with E-state index in [0.29, 0.717) is 38.6 Å². The number of nitrogens with zero attached hydrogens (tertiary/aromatic N) is 3. The number of fused-ring (bicyclic) bond motifs is 5. The van der Waals surface area contributed by atoms with E-state index in [1.807, 2.05) is 34.6 Å². The highest BCUT2D eigenvalue weighted by Crippen LogP contribution is 2.51. The van der Waals surface area contributed by atoms with Gasteiger partial charge in [0, 0.05) is 48.1 Å². The molecule has 0 spiro atoms. The van der Waals surface area contributed by atoms with Gasteiger partial charge in [-0.25, -0.2) is 0 Å². The lowest BCUT2D eigenvalue weighted by atomic mass is 9.72. The topological polar surface area (TPSA) is 173 Å². The number of aliphatic hydroxyl groups is 1. The van der Waals surface area contributed by atoms with Crippen LogP contribution in [0.2, 0.25) is 0 Å². The summed E-state index contributed by atoms with van der Waals surface area (Å²) in [5, 5.41) is 16.6. The van der Waals surface area contributed by atoms with Gasteiger partial charge in [0.1, 0.15) is 12.1 Å². The van der Waals surface area contributed by atoms with Crippen LogP contribution in [0.3, 0.4) is 0 Å². The Hall–Kier alpha value is -3.04. The number of likely N-dealkylation sites (tertiary alicyclic amines) is 1. The minimum atomic E-state index is -3.67. The molecule has 264 valence electrons. The zero-order chi connectivity index (χ0) is 35.1. The first-order valence-corrected chi connectivity index (χ1v) is 18.8. The molecule has 0 radical (unpaired) electrons. The summed E-state index contributed by atoms with van der Waals surface area (Å²) in [4.78, 5) is 51.4. The number of rotatable bonds is 5. The standard InChI is InChI=1S/C33H45N5O5.CH4O3S/c1-7-31(4,5)27-29(40)37-13-9-12-25(37)33(42)38(27)30(41)32(43-33,18(2)3)35-28(39)20-14-22-21-10-8-11-23-26(21)19(16-34-23)15-24(22)36(6)17-20;1-5(2,3)4/h8,10-11,16,18,20,22,24-25,27,34,42H,7,9,12-15,17H2,1-6H3,(H,35,39);1H3,(H,2,3,4). The fourth-order valence-electron chi connectivity index (χ4n) is 8.76. The Labute approximate surface area is 282 Å². The Morgan fingerprint density at radius 3 is 2.58 bits per heavy atom. The molecule has 4 N–H and O–H groups in total. The summed E-state index contributed by atoms with van der Waals surface area (Å²) < 4.78 is 32.4. The number of H-pyrrole nitrogens is 1. The number of piperidine rings is 1. The van der Waals surface area contributed by atoms with Crippen LogP contribution in [0.1, 0.15) is 77.3 Å². The van der Waals surface area contributed by atoms with E-state index in [9.17, 15) is 27.9 Å². The summed E-state index contributed by atoms with van der Waals surface area (Å²) in [6, 6.07) is 5.05. The van der Waals surface area contributed by atoms with Crippen LogP contribution in [0.25, 0.3) is 10.9 Å². The first-order chi connectivity index (χ1) is 22.3. The molecule has 7 unspecified atom stereocenters. The van der Waals surface area contributed by atoms with Crippen LogP contribution in [-0.4, -0.2) is 112 Å². The second-order valence-corrected chi connectivity index (χ2v) is 16.8. The fraction of sp³-hybridized carbons (Fsp3) is 0.676. The summed E-state index contributed by atoms with van der Waals surface area (Å²) in [6.45, 7) is 10.6. The molecule has 7 rings (SSSR count). The van der Waals surface area contributed by atoms with Crippen molar-refractivity contribution in [2.45, 2.75) is 102 Å². The Bertz CT molecular complexity index is 1730. The van der Waals surface area contributed by atoms with Gasteiger partial charge in [-0.1, -0.05) is 46.8 Å². The lowest BCUT2D eigenvalue weighted by Crippen LogP contribution is -2.73. The third kappa shape index (κ3) is 5.44. The molecule has 14 heteroatoms. The van der Waals surface area contributed by atoms with Crippen molar-refractivity contribution in [2.24, 2.45) is 17.3 Å². The molecule has 1 aliphatic carbocycles. The van der Waals surface area contributed by atoms with Crippen LogP contribution < -0.4 is 5.32 Å². The van der Waals surface area contributed by atoms with E-state index in [1.165, 1.54) is 21.4 Å². The maximum absolute atomic E-state index is 14.6. The molecule has 7 atom stereocenters. The normalized spacial score (nSPS) is 33.3. The molecule has 13 nitrogen and oxygen atoms in total. The number of likely N-dealkylation sites (N-methyl/N-ethyl adjacent to an activating group) is 1. The second-order valence-electron chi connectivity index (χ2n) is 15.3. The highest BCUT2D eigenvalue weighted by Gasteiger charge is 2.73. The molecule has 3 amide bonds. The van der Waals surface area contributed by atoms with Crippen LogP contribution in [0.5, 0.6) is 0 Å². The van der Waals surface area contributed by atoms with Crippen molar-refractivity contribution < 1.29 is 37.2 Å². The number of aromatic amines is 1. The van der Waals surface area contributed by atoms with Crippen LogP contribution in [0, 0.1) is 17.3 Å². The number of carbonyl (C=O) groups excluding carboxylic acids is 3. The Morgan fingerprint density at radius 1 is 1.25 bits per heavy atom. The molecule has 4 aliphatic heterocycles. The van der Waals surface area contributed by atoms with Gasteiger partial charge < -0.3 is 25.2 Å². The number of aromatic nitrogens is 1. The monoisotopic (exact) mass is 687 g/mol. The Kier molecular flexibility index (Phi) is 8.55. The molecule has 48 heavy (non-hydrogen) atoms. The zero-order valence-corrected chi connectivity index (χ0v) is 29.6. The predicted molar refractivity (Wildman–Crippen MR) is 178 cm³/mol. The summed E-state index contributed by atoms with van der Waals surface area (Å²) >= 11 is 0. The molecular weight excluding hydrogens is 638 g/mol. The third-order valence-electron chi connectivity index (χ3n) is 11.5. The molecule has 2 aromatic rings. The quantitative estimate of drug-likeness (QED) is 0.345. The molecule has 5 aliphatic rings. The van der Waals surface area contributed by atoms with Gasteiger partial charge in [0.2, 0.25) is 17.5 Å². The number of nitrogens with one attached hydrogen (secondary N) is 2. The molecule has 0 saturated carbocycles. The molecular formula is C34H49N5O8S.